The third-order valence-corrected chi connectivity index (χ3v) is 4.84. The summed E-state index contributed by atoms with van der Waals surface area (Å²) in [5, 5.41) is 0. The molecule has 8 heteroatoms. The molecule has 1 aliphatic heterocycles. The van der Waals surface area contributed by atoms with Gasteiger partial charge in [-0.25, -0.2) is 0 Å². The number of ether oxygens (including phenoxy) is 1. The van der Waals surface area contributed by atoms with Gasteiger partial charge in [0.2, 0.25) is 0 Å². The molecule has 0 unspecified atom stereocenters. The van der Waals surface area contributed by atoms with Crippen molar-refractivity contribution >= 4 is 12.6 Å². The summed E-state index contributed by atoms with van der Waals surface area (Å²) in [6, 6.07) is 3.97. The number of benzene rings is 1. The molecule has 1 aromatic rings. The second-order valence-electron chi connectivity index (χ2n) is 7.85. The molecule has 146 valence electrons. The summed E-state index contributed by atoms with van der Waals surface area (Å²) < 4.78 is 57.5. The second kappa shape index (κ2) is 7.41. The van der Waals surface area contributed by atoms with Crippen LogP contribution in [0, 0.1) is 0 Å². The van der Waals surface area contributed by atoms with Crippen molar-refractivity contribution in [3.8, 4) is 5.75 Å². The molecule has 4 nitrogen and oxygen atoms in total. The van der Waals surface area contributed by atoms with E-state index in [1.165, 1.54) is 6.07 Å². The first-order chi connectivity index (χ1) is 11.8. The molecule has 0 bridgehead atoms. The average molecular weight is 373 g/mol. The lowest BCUT2D eigenvalue weighted by molar-refractivity contribution is -0.138. The van der Waals surface area contributed by atoms with Crippen LogP contribution in [0.5, 0.6) is 5.75 Å². The minimum Gasteiger partial charge on any atom is -0.493 e. The van der Waals surface area contributed by atoms with Crippen LogP contribution >= 0.6 is 0 Å². The average Bonchev–Trinajstić information content (AvgIpc) is 2.71. The standard InChI is InChI=1S/C18H27BF3NO3/c1-16(2)17(3,4)26-19(25-16)13-8-9-15(14(12-13)18(20,21)22)24-11-7-10-23(5)6/h8-9,12H,7,10-11H2,1-6H3. The van der Waals surface area contributed by atoms with Gasteiger partial charge in [-0.3, -0.25) is 0 Å². The Bertz CT molecular complexity index is 617. The van der Waals surface area contributed by atoms with E-state index >= 15 is 0 Å². The summed E-state index contributed by atoms with van der Waals surface area (Å²) in [5.41, 5.74) is -1.71. The predicted molar refractivity (Wildman–Crippen MR) is 95.8 cm³/mol. The highest BCUT2D eigenvalue weighted by molar-refractivity contribution is 6.62. The highest BCUT2D eigenvalue weighted by Crippen LogP contribution is 2.39. The fourth-order valence-electron chi connectivity index (χ4n) is 2.58. The van der Waals surface area contributed by atoms with Crippen LogP contribution in [-0.4, -0.2) is 50.5 Å². The summed E-state index contributed by atoms with van der Waals surface area (Å²) in [5.74, 6) is -0.170. The Morgan fingerprint density at radius 3 is 2.15 bits per heavy atom. The molecule has 1 saturated heterocycles. The van der Waals surface area contributed by atoms with E-state index < -0.39 is 30.1 Å². The molecule has 0 N–H and O–H groups in total. The molecular formula is C18H27BF3NO3. The Balaban J connectivity index is 2.21. The highest BCUT2D eigenvalue weighted by Gasteiger charge is 2.52. The van der Waals surface area contributed by atoms with Crippen LogP contribution in [0.1, 0.15) is 39.7 Å². The molecule has 26 heavy (non-hydrogen) atoms. The molecule has 1 aromatic carbocycles. The van der Waals surface area contributed by atoms with Crippen LogP contribution < -0.4 is 10.2 Å². The Hall–Kier alpha value is -1.25. The van der Waals surface area contributed by atoms with Crippen LogP contribution in [0.3, 0.4) is 0 Å². The molecular weight excluding hydrogens is 346 g/mol. The van der Waals surface area contributed by atoms with E-state index in [1.54, 1.807) is 6.07 Å². The van der Waals surface area contributed by atoms with Crippen LogP contribution in [0.15, 0.2) is 18.2 Å². The van der Waals surface area contributed by atoms with Gasteiger partial charge in [0.25, 0.3) is 0 Å². The molecule has 2 rings (SSSR count). The molecule has 1 heterocycles. The maximum Gasteiger partial charge on any atom is 0.494 e. The zero-order chi connectivity index (χ0) is 19.8. The topological polar surface area (TPSA) is 30.9 Å². The fraction of sp³-hybridized carbons (Fsp3) is 0.667. The SMILES string of the molecule is CN(C)CCCOc1ccc(B2OC(C)(C)C(C)(C)O2)cc1C(F)(F)F. The minimum atomic E-state index is -4.52. The molecule has 0 aliphatic carbocycles. The van der Waals surface area contributed by atoms with Gasteiger partial charge < -0.3 is 18.9 Å². The Morgan fingerprint density at radius 1 is 1.08 bits per heavy atom. The lowest BCUT2D eigenvalue weighted by atomic mass is 9.78. The van der Waals surface area contributed by atoms with Crippen LogP contribution in [0.2, 0.25) is 0 Å². The first kappa shape index (κ1) is 21.1. The van der Waals surface area contributed by atoms with Crippen LogP contribution in [-0.2, 0) is 15.5 Å². The van der Waals surface area contributed by atoms with Crippen LogP contribution in [0.4, 0.5) is 13.2 Å². The van der Waals surface area contributed by atoms with Crippen molar-refractivity contribution < 1.29 is 27.2 Å². The predicted octanol–water partition coefficient (Wildman–Crippen LogP) is 3.34. The van der Waals surface area contributed by atoms with Crippen molar-refractivity contribution in [3.05, 3.63) is 23.8 Å². The van der Waals surface area contributed by atoms with Crippen molar-refractivity contribution in [2.75, 3.05) is 27.2 Å². The van der Waals surface area contributed by atoms with E-state index in [-0.39, 0.29) is 12.4 Å². The number of hydrogen-bond acceptors (Lipinski definition) is 4. The molecule has 0 radical (unpaired) electrons. The van der Waals surface area contributed by atoms with Gasteiger partial charge in [-0.15, -0.1) is 0 Å². The molecule has 1 aliphatic rings. The van der Waals surface area contributed by atoms with E-state index in [0.29, 0.717) is 11.9 Å². The summed E-state index contributed by atoms with van der Waals surface area (Å²) in [6.45, 7) is 8.41. The summed E-state index contributed by atoms with van der Waals surface area (Å²) in [6.07, 6.45) is -3.88. The van der Waals surface area contributed by atoms with Crippen LogP contribution in [0.25, 0.3) is 0 Å². The summed E-state index contributed by atoms with van der Waals surface area (Å²) in [4.78, 5) is 1.95. The fourth-order valence-corrected chi connectivity index (χ4v) is 2.58. The van der Waals surface area contributed by atoms with Gasteiger partial charge in [0, 0.05) is 6.54 Å². The van der Waals surface area contributed by atoms with Crippen molar-refractivity contribution in [1.82, 2.24) is 4.90 Å². The van der Waals surface area contributed by atoms with Gasteiger partial charge in [0.05, 0.1) is 23.4 Å². The maximum atomic E-state index is 13.5. The summed E-state index contributed by atoms with van der Waals surface area (Å²) in [7, 11) is 2.96. The first-order valence-corrected chi connectivity index (χ1v) is 8.68. The van der Waals surface area contributed by atoms with Crippen molar-refractivity contribution in [3.63, 3.8) is 0 Å². The normalized spacial score (nSPS) is 19.2. The van der Waals surface area contributed by atoms with Gasteiger partial charge in [0.15, 0.2) is 0 Å². The molecule has 0 spiro atoms. The Labute approximate surface area is 153 Å². The smallest absolute Gasteiger partial charge is 0.493 e. The van der Waals surface area contributed by atoms with Gasteiger partial charge >= 0.3 is 13.3 Å². The third kappa shape index (κ3) is 4.72. The van der Waals surface area contributed by atoms with E-state index in [2.05, 4.69) is 0 Å². The monoisotopic (exact) mass is 373 g/mol. The largest absolute Gasteiger partial charge is 0.494 e. The van der Waals surface area contributed by atoms with Gasteiger partial charge in [-0.1, -0.05) is 6.07 Å². The summed E-state index contributed by atoms with van der Waals surface area (Å²) >= 11 is 0. The minimum absolute atomic E-state index is 0.170. The first-order valence-electron chi connectivity index (χ1n) is 8.68. The molecule has 1 fully saturated rings. The highest BCUT2D eigenvalue weighted by atomic mass is 19.4. The molecule has 0 aromatic heterocycles. The van der Waals surface area contributed by atoms with E-state index in [4.69, 9.17) is 14.0 Å². The number of nitrogens with zero attached hydrogens (tertiary/aromatic N) is 1. The molecule has 0 atom stereocenters. The second-order valence-corrected chi connectivity index (χ2v) is 7.85. The van der Waals surface area contributed by atoms with E-state index in [9.17, 15) is 13.2 Å². The van der Waals surface area contributed by atoms with Gasteiger partial charge in [0.1, 0.15) is 5.75 Å². The molecule has 0 saturated carbocycles. The Kier molecular flexibility index (Phi) is 6.00. The lowest BCUT2D eigenvalue weighted by Gasteiger charge is -2.32. The quantitative estimate of drug-likeness (QED) is 0.566. The van der Waals surface area contributed by atoms with E-state index in [1.807, 2.05) is 46.7 Å². The van der Waals surface area contributed by atoms with Gasteiger partial charge in [-0.05, 0) is 65.8 Å². The van der Waals surface area contributed by atoms with Crippen molar-refractivity contribution in [2.45, 2.75) is 51.5 Å². The Morgan fingerprint density at radius 2 is 1.65 bits per heavy atom. The van der Waals surface area contributed by atoms with E-state index in [0.717, 1.165) is 12.6 Å². The number of halogens is 3. The maximum absolute atomic E-state index is 13.5. The van der Waals surface area contributed by atoms with Crippen molar-refractivity contribution in [2.24, 2.45) is 0 Å². The number of alkyl halides is 3. The van der Waals surface area contributed by atoms with Crippen molar-refractivity contribution in [1.29, 1.82) is 0 Å². The van der Waals surface area contributed by atoms with Gasteiger partial charge in [-0.2, -0.15) is 13.2 Å². The third-order valence-electron chi connectivity index (χ3n) is 4.84. The molecule has 0 amide bonds. The zero-order valence-corrected chi connectivity index (χ0v) is 16.2. The number of rotatable bonds is 6. The lowest BCUT2D eigenvalue weighted by Crippen LogP contribution is -2.41. The number of hydrogen-bond donors (Lipinski definition) is 0. The zero-order valence-electron chi connectivity index (χ0n) is 16.2.